The summed E-state index contributed by atoms with van der Waals surface area (Å²) in [6, 6.07) is 7.24. The summed E-state index contributed by atoms with van der Waals surface area (Å²) in [4.78, 5) is 50.4. The summed E-state index contributed by atoms with van der Waals surface area (Å²) in [6.07, 6.45) is 95.0. The van der Waals surface area contributed by atoms with Crippen molar-refractivity contribution < 1.29 is 64.1 Å². The molecular formula is C96H162CaO14S2. The van der Waals surface area contributed by atoms with Gasteiger partial charge >= 0.3 is 61.6 Å². The molecule has 0 unspecified atom stereocenters. The second kappa shape index (κ2) is 80.8. The first kappa shape index (κ1) is 109. The Morgan fingerprint density at radius 3 is 0.584 bits per heavy atom. The second-order valence-corrected chi connectivity index (χ2v) is 34.1. The Kier molecular flexibility index (Phi) is 78.2. The third kappa shape index (κ3) is 65.9. The number of rotatable bonds is 78. The minimum absolute atomic E-state index is 0. The standard InChI is InChI=1S/2C48H82O7S.Ca/c2*1-3-5-7-9-11-13-15-17-19-21-23-25-27-29-31-33-35-37-42-54-47(49)44-40-39-41-45(56(51,52)53)46(44)48(50)55-43-38-36-34-32-30-28-26-24-22-20-18-16-14-12-10-8-6-4-2;/h2*21-24,39-41H,3-20,25-38,42-43H2,1-2H3,(H,51,52,53);/q;;+2/p-2/b2*23-21+,24-22+;. The molecule has 0 radical (unpaired) electrons. The molecule has 0 aliphatic carbocycles. The van der Waals surface area contributed by atoms with E-state index in [4.69, 9.17) is 18.9 Å². The Bertz CT molecular complexity index is 2740. The number of unbranched alkanes of at least 4 members (excludes halogenated alkanes) is 56. The summed E-state index contributed by atoms with van der Waals surface area (Å²) < 4.78 is 93.5. The monoisotopic (exact) mass is 1640 g/mol. The van der Waals surface area contributed by atoms with Crippen molar-refractivity contribution in [3.63, 3.8) is 0 Å². The van der Waals surface area contributed by atoms with E-state index in [9.17, 15) is 45.1 Å². The van der Waals surface area contributed by atoms with Crippen molar-refractivity contribution in [2.45, 2.75) is 448 Å². The van der Waals surface area contributed by atoms with Gasteiger partial charge in [-0.05, 0) is 153 Å². The molecule has 0 bridgehead atoms. The van der Waals surface area contributed by atoms with Crippen molar-refractivity contribution in [3.8, 4) is 0 Å². The minimum Gasteiger partial charge on any atom is -0.744 e. The van der Waals surface area contributed by atoms with Crippen LogP contribution in [0.3, 0.4) is 0 Å². The molecule has 2 rings (SSSR count). The number of hydrogen-bond donors (Lipinski definition) is 0. The van der Waals surface area contributed by atoms with Crippen molar-refractivity contribution in [2.75, 3.05) is 26.4 Å². The molecular weight excluding hydrogens is 1480 g/mol. The Morgan fingerprint density at radius 2 is 0.407 bits per heavy atom. The maximum Gasteiger partial charge on any atom is 2.00 e. The van der Waals surface area contributed by atoms with Gasteiger partial charge in [0.1, 0.15) is 20.2 Å². The molecule has 0 N–H and O–H groups in total. The first-order valence-corrected chi connectivity index (χ1v) is 48.9. The average Bonchev–Trinajstić information content (AvgIpc) is 0.797. The quantitative estimate of drug-likeness (QED) is 0.0150. The van der Waals surface area contributed by atoms with Crippen LogP contribution in [0.2, 0.25) is 0 Å². The van der Waals surface area contributed by atoms with Gasteiger partial charge in [0.15, 0.2) is 0 Å². The Morgan fingerprint density at radius 1 is 0.248 bits per heavy atom. The molecule has 0 aliphatic heterocycles. The summed E-state index contributed by atoms with van der Waals surface area (Å²) in [5, 5.41) is 0. The van der Waals surface area contributed by atoms with E-state index < -0.39 is 65.0 Å². The molecule has 0 saturated carbocycles. The largest absolute Gasteiger partial charge is 2.00 e. The van der Waals surface area contributed by atoms with Crippen LogP contribution in [0.4, 0.5) is 0 Å². The van der Waals surface area contributed by atoms with Gasteiger partial charge in [-0.3, -0.25) is 0 Å². The minimum atomic E-state index is -5.02. The maximum absolute atomic E-state index is 13.0. The normalized spacial score (nSPS) is 11.8. The molecule has 0 fully saturated rings. The predicted molar refractivity (Wildman–Crippen MR) is 470 cm³/mol. The molecule has 0 amide bonds. The zero-order valence-corrected chi connectivity index (χ0v) is 76.2. The average molecular weight is 1640 g/mol. The zero-order valence-electron chi connectivity index (χ0n) is 72.4. The maximum atomic E-state index is 13.0. The topological polar surface area (TPSA) is 220 Å². The van der Waals surface area contributed by atoms with Gasteiger partial charge < -0.3 is 28.1 Å². The Labute approximate surface area is 722 Å². The van der Waals surface area contributed by atoms with E-state index in [0.29, 0.717) is 25.7 Å². The van der Waals surface area contributed by atoms with E-state index in [0.717, 1.165) is 128 Å². The molecule has 644 valence electrons. The molecule has 2 aromatic rings. The molecule has 17 heteroatoms. The van der Waals surface area contributed by atoms with Gasteiger partial charge in [0.2, 0.25) is 0 Å². The third-order valence-corrected chi connectivity index (χ3v) is 22.8. The van der Waals surface area contributed by atoms with E-state index in [1.807, 2.05) is 0 Å². The van der Waals surface area contributed by atoms with Gasteiger partial charge in [0.05, 0.1) is 58.5 Å². The van der Waals surface area contributed by atoms with Gasteiger partial charge in [-0.1, -0.05) is 371 Å². The predicted octanol–water partition coefficient (Wildman–Crippen LogP) is 28.7. The first-order valence-electron chi connectivity index (χ1n) is 46.1. The van der Waals surface area contributed by atoms with Crippen molar-refractivity contribution in [1.29, 1.82) is 0 Å². The summed E-state index contributed by atoms with van der Waals surface area (Å²) in [7, 11) is -10.0. The van der Waals surface area contributed by atoms with Crippen molar-refractivity contribution in [1.82, 2.24) is 0 Å². The first-order chi connectivity index (χ1) is 54.6. The van der Waals surface area contributed by atoms with Gasteiger partial charge in [-0.15, -0.1) is 0 Å². The number of benzene rings is 2. The molecule has 14 nitrogen and oxygen atoms in total. The molecule has 113 heavy (non-hydrogen) atoms. The number of hydrogen-bond acceptors (Lipinski definition) is 14. The smallest absolute Gasteiger partial charge is 0.744 e. The fourth-order valence-corrected chi connectivity index (χ4v) is 15.4. The Hall–Kier alpha value is -3.64. The van der Waals surface area contributed by atoms with Crippen molar-refractivity contribution >= 4 is 81.9 Å². The van der Waals surface area contributed by atoms with E-state index in [2.05, 4.69) is 76.3 Å². The van der Waals surface area contributed by atoms with E-state index >= 15 is 0 Å². The van der Waals surface area contributed by atoms with Gasteiger partial charge in [-0.25, -0.2) is 36.0 Å². The molecule has 0 aromatic heterocycles. The van der Waals surface area contributed by atoms with Crippen LogP contribution >= 0.6 is 0 Å². The number of allylic oxidation sites excluding steroid dienone is 8. The fraction of sp³-hybridized carbons (Fsp3) is 0.750. The van der Waals surface area contributed by atoms with Crippen LogP contribution in [0, 0.1) is 0 Å². The van der Waals surface area contributed by atoms with Gasteiger partial charge in [-0.2, -0.15) is 0 Å². The summed E-state index contributed by atoms with van der Waals surface area (Å²) >= 11 is 0. The van der Waals surface area contributed by atoms with Crippen LogP contribution in [0.25, 0.3) is 0 Å². The number of esters is 4. The van der Waals surface area contributed by atoms with Crippen molar-refractivity contribution in [3.05, 3.63) is 107 Å². The SMILES string of the molecule is CCCCCCCCCC/C=C/CCCCCCCCOC(=O)c1cccc(S(=O)(=O)[O-])c1C(=O)OCCCCCCCC/C=C/CCCCCCCCCC.CCCCCCCCCC/C=C/CCCCCCCCOC(=O)c1cccc(S(=O)(=O)[O-])c1C(=O)OCCCCCCCC/C=C/CCCCCCCCCC.[Ca+2]. The van der Waals surface area contributed by atoms with Crippen LogP contribution in [-0.4, -0.2) is 114 Å². The van der Waals surface area contributed by atoms with Crippen LogP contribution in [0.5, 0.6) is 0 Å². The van der Waals surface area contributed by atoms with Crippen LogP contribution in [0.15, 0.2) is 94.8 Å². The molecule has 0 saturated heterocycles. The number of carbonyl (C=O) groups excluding carboxylic acids is 4. The summed E-state index contributed by atoms with van der Waals surface area (Å²) in [6.45, 7) is 9.50. The van der Waals surface area contributed by atoms with E-state index in [-0.39, 0.29) is 75.3 Å². The van der Waals surface area contributed by atoms with E-state index in [1.54, 1.807) is 0 Å². The van der Waals surface area contributed by atoms with Crippen LogP contribution < -0.4 is 0 Å². The molecule has 0 atom stereocenters. The molecule has 0 spiro atoms. The third-order valence-electron chi connectivity index (χ3n) is 21.0. The Balaban J connectivity index is 0.00000220. The van der Waals surface area contributed by atoms with E-state index in [1.165, 1.54) is 294 Å². The zero-order chi connectivity index (χ0) is 81.6. The number of carbonyl (C=O) groups is 4. The van der Waals surface area contributed by atoms with Gasteiger partial charge in [0.25, 0.3) is 0 Å². The van der Waals surface area contributed by atoms with Gasteiger partial charge in [0, 0.05) is 0 Å². The van der Waals surface area contributed by atoms with Crippen LogP contribution in [0.1, 0.15) is 480 Å². The molecule has 2 aromatic carbocycles. The summed E-state index contributed by atoms with van der Waals surface area (Å²) in [5.41, 5.74) is -1.58. The molecule has 0 aliphatic rings. The molecule has 0 heterocycles. The number of ether oxygens (including phenoxy) is 4. The summed E-state index contributed by atoms with van der Waals surface area (Å²) in [5.74, 6) is -3.64. The second-order valence-electron chi connectivity index (χ2n) is 31.4. The van der Waals surface area contributed by atoms with Crippen molar-refractivity contribution in [2.24, 2.45) is 0 Å². The van der Waals surface area contributed by atoms with Crippen LogP contribution in [-0.2, 0) is 39.2 Å². The fourth-order valence-electron chi connectivity index (χ4n) is 14.0.